The van der Waals surface area contributed by atoms with Crippen LogP contribution in [0.4, 0.5) is 0 Å². The molecule has 1 nitrogen and oxygen atoms in total. The maximum absolute atomic E-state index is 4.32. The van der Waals surface area contributed by atoms with Gasteiger partial charge in [-0.1, -0.05) is 46.3 Å². The molecule has 0 bridgehead atoms. The first-order valence-corrected chi connectivity index (χ1v) is 6.08. The van der Waals surface area contributed by atoms with E-state index in [0.29, 0.717) is 0 Å². The van der Waals surface area contributed by atoms with Crippen molar-refractivity contribution in [1.29, 1.82) is 0 Å². The van der Waals surface area contributed by atoms with E-state index in [1.165, 1.54) is 11.1 Å². The van der Waals surface area contributed by atoms with Gasteiger partial charge in [0.1, 0.15) is 0 Å². The second kappa shape index (κ2) is 5.08. The number of rotatable bonds is 3. The zero-order valence-electron chi connectivity index (χ0n) is 8.36. The number of alkyl halides is 1. The van der Waals surface area contributed by atoms with Crippen molar-refractivity contribution in [1.82, 2.24) is 4.98 Å². The minimum Gasteiger partial charge on any atom is -0.256 e. The first-order valence-electron chi connectivity index (χ1n) is 4.96. The van der Waals surface area contributed by atoms with Crippen molar-refractivity contribution in [3.05, 3.63) is 54.2 Å². The SMILES string of the molecule is BrCCc1ccc(-c2ccccn2)cc1. The van der Waals surface area contributed by atoms with Crippen molar-refractivity contribution in [2.24, 2.45) is 0 Å². The van der Waals surface area contributed by atoms with Gasteiger partial charge < -0.3 is 0 Å². The zero-order valence-corrected chi connectivity index (χ0v) is 9.94. The Balaban J connectivity index is 2.24. The second-order valence-corrected chi connectivity index (χ2v) is 4.14. The number of halogens is 1. The maximum atomic E-state index is 4.32. The van der Waals surface area contributed by atoms with Crippen molar-refractivity contribution in [2.75, 3.05) is 5.33 Å². The Hall–Kier alpha value is -1.15. The topological polar surface area (TPSA) is 12.9 Å². The highest BCUT2D eigenvalue weighted by Crippen LogP contribution is 2.17. The van der Waals surface area contributed by atoms with Crippen molar-refractivity contribution in [2.45, 2.75) is 6.42 Å². The third-order valence-electron chi connectivity index (χ3n) is 2.30. The molecule has 0 amide bonds. The van der Waals surface area contributed by atoms with Crippen LogP contribution in [-0.2, 0) is 6.42 Å². The van der Waals surface area contributed by atoms with Crippen LogP contribution in [0.5, 0.6) is 0 Å². The van der Waals surface area contributed by atoms with Crippen LogP contribution >= 0.6 is 15.9 Å². The molecule has 2 heteroatoms. The van der Waals surface area contributed by atoms with Gasteiger partial charge in [0.15, 0.2) is 0 Å². The van der Waals surface area contributed by atoms with Crippen molar-refractivity contribution < 1.29 is 0 Å². The Morgan fingerprint density at radius 2 is 1.80 bits per heavy atom. The average molecular weight is 262 g/mol. The Labute approximate surface area is 98.3 Å². The molecule has 0 atom stereocenters. The summed E-state index contributed by atoms with van der Waals surface area (Å²) in [4.78, 5) is 4.32. The lowest BCUT2D eigenvalue weighted by molar-refractivity contribution is 1.17. The molecular weight excluding hydrogens is 250 g/mol. The van der Waals surface area contributed by atoms with Crippen molar-refractivity contribution in [3.8, 4) is 11.3 Å². The summed E-state index contributed by atoms with van der Waals surface area (Å²) in [6, 6.07) is 14.5. The first kappa shape index (κ1) is 10.4. The van der Waals surface area contributed by atoms with E-state index in [1.54, 1.807) is 0 Å². The van der Waals surface area contributed by atoms with E-state index in [-0.39, 0.29) is 0 Å². The molecule has 0 saturated heterocycles. The first-order chi connectivity index (χ1) is 7.40. The van der Waals surface area contributed by atoms with Gasteiger partial charge in [0.25, 0.3) is 0 Å². The summed E-state index contributed by atoms with van der Waals surface area (Å²) in [5.41, 5.74) is 3.56. The molecule has 0 N–H and O–H groups in total. The Bertz CT molecular complexity index is 408. The molecule has 1 aromatic heterocycles. The van der Waals surface area contributed by atoms with Crippen molar-refractivity contribution in [3.63, 3.8) is 0 Å². The minimum absolute atomic E-state index is 1.01. The maximum Gasteiger partial charge on any atom is 0.0701 e. The monoisotopic (exact) mass is 261 g/mol. The standard InChI is InChI=1S/C13H12BrN/c14-9-8-11-4-6-12(7-5-11)13-3-1-2-10-15-13/h1-7,10H,8-9H2. The van der Waals surface area contributed by atoms with Crippen LogP contribution in [0, 0.1) is 0 Å². The van der Waals surface area contributed by atoms with Gasteiger partial charge in [-0.15, -0.1) is 0 Å². The van der Waals surface area contributed by atoms with E-state index in [1.807, 2.05) is 24.4 Å². The van der Waals surface area contributed by atoms with Crippen LogP contribution in [0.15, 0.2) is 48.7 Å². The largest absolute Gasteiger partial charge is 0.256 e. The zero-order chi connectivity index (χ0) is 10.5. The van der Waals surface area contributed by atoms with Gasteiger partial charge >= 0.3 is 0 Å². The molecule has 0 aliphatic rings. The fourth-order valence-corrected chi connectivity index (χ4v) is 1.94. The number of aromatic nitrogens is 1. The van der Waals surface area contributed by atoms with Crippen LogP contribution in [0.25, 0.3) is 11.3 Å². The van der Waals surface area contributed by atoms with E-state index in [9.17, 15) is 0 Å². The molecule has 1 aromatic carbocycles. The summed E-state index contributed by atoms with van der Waals surface area (Å²) < 4.78 is 0. The predicted octanol–water partition coefficient (Wildman–Crippen LogP) is 3.69. The Kier molecular flexibility index (Phi) is 3.51. The van der Waals surface area contributed by atoms with Crippen molar-refractivity contribution >= 4 is 15.9 Å². The minimum atomic E-state index is 1.01. The molecular formula is C13H12BrN. The third kappa shape index (κ3) is 2.66. The van der Waals surface area contributed by atoms with Crippen LogP contribution in [0.2, 0.25) is 0 Å². The number of aryl methyl sites for hydroxylation is 1. The Morgan fingerprint density at radius 3 is 2.40 bits per heavy atom. The fourth-order valence-electron chi connectivity index (χ4n) is 1.48. The van der Waals surface area contributed by atoms with E-state index in [2.05, 4.69) is 45.2 Å². The highest BCUT2D eigenvalue weighted by atomic mass is 79.9. The fraction of sp³-hybridized carbons (Fsp3) is 0.154. The van der Waals surface area contributed by atoms with Gasteiger partial charge in [-0.3, -0.25) is 4.98 Å². The van der Waals surface area contributed by atoms with E-state index in [4.69, 9.17) is 0 Å². The van der Waals surface area contributed by atoms with Gasteiger partial charge in [-0.25, -0.2) is 0 Å². The summed E-state index contributed by atoms with van der Waals surface area (Å²) in [7, 11) is 0. The normalized spacial score (nSPS) is 10.2. The Morgan fingerprint density at radius 1 is 1.00 bits per heavy atom. The lowest BCUT2D eigenvalue weighted by atomic mass is 10.1. The smallest absolute Gasteiger partial charge is 0.0701 e. The molecule has 0 spiro atoms. The van der Waals surface area contributed by atoms with Gasteiger partial charge in [-0.05, 0) is 24.1 Å². The molecule has 76 valence electrons. The summed E-state index contributed by atoms with van der Waals surface area (Å²) in [6.45, 7) is 0. The average Bonchev–Trinajstić information content (AvgIpc) is 2.32. The number of benzene rings is 1. The summed E-state index contributed by atoms with van der Waals surface area (Å²) in [6.07, 6.45) is 2.89. The predicted molar refractivity (Wildman–Crippen MR) is 67.2 cm³/mol. The number of hydrogen-bond acceptors (Lipinski definition) is 1. The highest BCUT2D eigenvalue weighted by molar-refractivity contribution is 9.09. The van der Waals surface area contributed by atoms with Gasteiger partial charge in [0.05, 0.1) is 5.69 Å². The number of pyridine rings is 1. The van der Waals surface area contributed by atoms with Crippen LogP contribution in [0.1, 0.15) is 5.56 Å². The summed E-state index contributed by atoms with van der Waals surface area (Å²) >= 11 is 3.44. The molecule has 2 rings (SSSR count). The molecule has 0 fully saturated rings. The molecule has 0 unspecified atom stereocenters. The lowest BCUT2D eigenvalue weighted by Crippen LogP contribution is -1.86. The third-order valence-corrected chi connectivity index (χ3v) is 2.69. The summed E-state index contributed by atoms with van der Waals surface area (Å²) in [5, 5.41) is 1.01. The quantitative estimate of drug-likeness (QED) is 0.769. The molecule has 0 aliphatic heterocycles. The molecule has 0 radical (unpaired) electrons. The molecule has 0 aliphatic carbocycles. The van der Waals surface area contributed by atoms with Gasteiger partial charge in [0.2, 0.25) is 0 Å². The second-order valence-electron chi connectivity index (χ2n) is 3.35. The van der Waals surface area contributed by atoms with E-state index in [0.717, 1.165) is 17.4 Å². The lowest BCUT2D eigenvalue weighted by Gasteiger charge is -2.02. The van der Waals surface area contributed by atoms with E-state index < -0.39 is 0 Å². The van der Waals surface area contributed by atoms with Crippen LogP contribution in [-0.4, -0.2) is 10.3 Å². The summed E-state index contributed by atoms with van der Waals surface area (Å²) in [5.74, 6) is 0. The van der Waals surface area contributed by atoms with Gasteiger partial charge in [-0.2, -0.15) is 0 Å². The molecule has 2 aromatic rings. The molecule has 1 heterocycles. The number of hydrogen-bond donors (Lipinski definition) is 0. The van der Waals surface area contributed by atoms with Crippen LogP contribution in [0.3, 0.4) is 0 Å². The van der Waals surface area contributed by atoms with Crippen LogP contribution < -0.4 is 0 Å². The van der Waals surface area contributed by atoms with Gasteiger partial charge in [0, 0.05) is 17.1 Å². The molecule has 15 heavy (non-hydrogen) atoms. The highest BCUT2D eigenvalue weighted by Gasteiger charge is 1.97. The number of nitrogens with zero attached hydrogens (tertiary/aromatic N) is 1. The van der Waals surface area contributed by atoms with E-state index >= 15 is 0 Å². The molecule has 0 saturated carbocycles.